The predicted molar refractivity (Wildman–Crippen MR) is 143 cm³/mol. The first-order chi connectivity index (χ1) is 20.2. The van der Waals surface area contributed by atoms with Crippen LogP contribution in [0.4, 0.5) is 27.6 Å². The predicted octanol–water partition coefficient (Wildman–Crippen LogP) is 5.18. The number of allylic oxidation sites excluding steroid dienone is 1. The summed E-state index contributed by atoms with van der Waals surface area (Å²) in [5.74, 6) is -6.69. The molecular weight excluding hydrogens is 599 g/mol. The van der Waals surface area contributed by atoms with Crippen molar-refractivity contribution in [2.24, 2.45) is 17.8 Å². The first-order valence-corrected chi connectivity index (χ1v) is 14.2. The first-order valence-electron chi connectivity index (χ1n) is 12.7. The molecule has 0 saturated heterocycles. The van der Waals surface area contributed by atoms with Crippen LogP contribution in [0.2, 0.25) is 0 Å². The van der Waals surface area contributed by atoms with E-state index in [-0.39, 0.29) is 34.2 Å². The summed E-state index contributed by atoms with van der Waals surface area (Å²) in [5, 5.41) is 14.1. The average molecular weight is 621 g/mol. The molecule has 0 spiro atoms. The number of carbonyl (C=O) groups is 3. The van der Waals surface area contributed by atoms with Crippen molar-refractivity contribution in [3.8, 4) is 11.1 Å². The van der Waals surface area contributed by atoms with Crippen molar-refractivity contribution in [2.75, 3.05) is 5.32 Å². The highest BCUT2D eigenvalue weighted by Crippen LogP contribution is 2.44. The van der Waals surface area contributed by atoms with E-state index in [1.165, 1.54) is 30.3 Å². The van der Waals surface area contributed by atoms with E-state index in [2.05, 4.69) is 10.6 Å². The van der Waals surface area contributed by atoms with Crippen molar-refractivity contribution in [3.05, 3.63) is 95.6 Å². The number of rotatable bonds is 7. The number of carboxylic acids is 1. The summed E-state index contributed by atoms with van der Waals surface area (Å²) >= 11 is 0. The number of hydrogen-bond donors (Lipinski definition) is 3. The number of alkyl halides is 3. The minimum absolute atomic E-state index is 0.0633. The minimum atomic E-state index is -5.66. The average Bonchev–Trinajstić information content (AvgIpc) is 3.55. The highest BCUT2D eigenvalue weighted by molar-refractivity contribution is 7.92. The third-order valence-corrected chi connectivity index (χ3v) is 9.00. The Morgan fingerprint density at radius 2 is 1.56 bits per heavy atom. The Balaban J connectivity index is 1.38. The maximum atomic E-state index is 14.8. The molecule has 2 amide bonds. The highest BCUT2D eigenvalue weighted by Gasteiger charge is 2.49. The fraction of sp³-hybridized carbons (Fsp3) is 0.207. The van der Waals surface area contributed by atoms with Crippen molar-refractivity contribution < 1.29 is 49.9 Å². The molecule has 5 rings (SSSR count). The van der Waals surface area contributed by atoms with Gasteiger partial charge in [-0.3, -0.25) is 9.59 Å². The molecule has 43 heavy (non-hydrogen) atoms. The second kappa shape index (κ2) is 10.9. The molecular formula is C29H21F5N2O6S. The van der Waals surface area contributed by atoms with E-state index in [0.717, 1.165) is 18.2 Å². The van der Waals surface area contributed by atoms with E-state index in [4.69, 9.17) is 5.11 Å². The summed E-state index contributed by atoms with van der Waals surface area (Å²) in [4.78, 5) is 36.6. The second-order valence-electron chi connectivity index (χ2n) is 10.1. The zero-order valence-electron chi connectivity index (χ0n) is 21.7. The monoisotopic (exact) mass is 620 g/mol. The number of fused-ring (bicyclic) bond motifs is 2. The standard InChI is InChI=1S/C29H21F5N2O6S/c30-22-13-23(31)21(12-20(22)14-4-6-15(7-5-14)28(39)40)26(37)36-25-17-9-8-16(10-17)24(25)27(38)35-18-2-1-3-19(11-18)43(41,42)29(32,33)34/h1-9,11-13,16-17,24-25H,10H2,(H,35,38)(H,36,37)(H,39,40)/t16-,17+,24+,25-/m1/s1. The van der Waals surface area contributed by atoms with Gasteiger partial charge in [0.15, 0.2) is 0 Å². The van der Waals surface area contributed by atoms with Gasteiger partial charge in [-0.1, -0.05) is 30.4 Å². The molecule has 3 aromatic rings. The first kappa shape index (κ1) is 29.9. The van der Waals surface area contributed by atoms with E-state index in [1.54, 1.807) is 12.2 Å². The summed E-state index contributed by atoms with van der Waals surface area (Å²) in [6.45, 7) is 0. The van der Waals surface area contributed by atoms with E-state index in [1.807, 2.05) is 0 Å². The number of nitrogens with one attached hydrogen (secondary N) is 2. The summed E-state index contributed by atoms with van der Waals surface area (Å²) in [5.41, 5.74) is -6.33. The van der Waals surface area contributed by atoms with Crippen molar-refractivity contribution in [1.29, 1.82) is 0 Å². The van der Waals surface area contributed by atoms with Crippen LogP contribution in [0.15, 0.2) is 77.7 Å². The van der Waals surface area contributed by atoms with E-state index in [9.17, 15) is 44.8 Å². The lowest BCUT2D eigenvalue weighted by atomic mass is 9.87. The third-order valence-electron chi connectivity index (χ3n) is 7.52. The van der Waals surface area contributed by atoms with Crippen LogP contribution in [0.3, 0.4) is 0 Å². The SMILES string of the molecule is O=C(O)c1ccc(-c2cc(C(=O)N[C@H]3[C@@H](C(=O)Nc4cccc(S(=O)(=O)C(F)(F)F)c4)[C@@H]4C=C[C@H]3C4)c(F)cc2F)cc1. The van der Waals surface area contributed by atoms with Gasteiger partial charge in [-0.25, -0.2) is 22.0 Å². The lowest BCUT2D eigenvalue weighted by Gasteiger charge is -2.28. The van der Waals surface area contributed by atoms with Gasteiger partial charge in [0.2, 0.25) is 5.91 Å². The van der Waals surface area contributed by atoms with Crippen LogP contribution in [0, 0.1) is 29.4 Å². The molecule has 224 valence electrons. The van der Waals surface area contributed by atoms with Crippen LogP contribution in [-0.4, -0.2) is 42.9 Å². The topological polar surface area (TPSA) is 130 Å². The van der Waals surface area contributed by atoms with Gasteiger partial charge in [0.1, 0.15) is 11.6 Å². The minimum Gasteiger partial charge on any atom is -0.478 e. The molecule has 3 N–H and O–H groups in total. The molecule has 8 nitrogen and oxygen atoms in total. The Kier molecular flexibility index (Phi) is 7.59. The van der Waals surface area contributed by atoms with Crippen LogP contribution in [0.25, 0.3) is 11.1 Å². The number of carboxylic acid groups (broad SMARTS) is 1. The van der Waals surface area contributed by atoms with Gasteiger partial charge in [-0.15, -0.1) is 0 Å². The molecule has 0 radical (unpaired) electrons. The van der Waals surface area contributed by atoms with Crippen LogP contribution >= 0.6 is 0 Å². The molecule has 0 aliphatic heterocycles. The highest BCUT2D eigenvalue weighted by atomic mass is 32.2. The number of carbonyl (C=O) groups excluding carboxylic acids is 2. The molecule has 14 heteroatoms. The smallest absolute Gasteiger partial charge is 0.478 e. The summed E-state index contributed by atoms with van der Waals surface area (Å²) in [6.07, 6.45) is 3.96. The number of halogens is 5. The van der Waals surface area contributed by atoms with Crippen molar-refractivity contribution in [1.82, 2.24) is 5.32 Å². The quantitative estimate of drug-likeness (QED) is 0.247. The Bertz CT molecular complexity index is 1770. The van der Waals surface area contributed by atoms with Crippen LogP contribution in [-0.2, 0) is 14.6 Å². The maximum absolute atomic E-state index is 14.8. The maximum Gasteiger partial charge on any atom is 0.501 e. The van der Waals surface area contributed by atoms with Gasteiger partial charge in [-0.05, 0) is 60.2 Å². The number of sulfone groups is 1. The van der Waals surface area contributed by atoms with Gasteiger partial charge in [0.05, 0.1) is 21.9 Å². The van der Waals surface area contributed by atoms with Gasteiger partial charge in [0, 0.05) is 23.4 Å². The van der Waals surface area contributed by atoms with Crippen LogP contribution in [0.1, 0.15) is 27.1 Å². The molecule has 2 aliphatic rings. The van der Waals surface area contributed by atoms with Gasteiger partial charge in [0.25, 0.3) is 15.7 Å². The third kappa shape index (κ3) is 5.61. The Morgan fingerprint density at radius 1 is 0.884 bits per heavy atom. The molecule has 4 atom stereocenters. The molecule has 0 aromatic heterocycles. The van der Waals surface area contributed by atoms with Gasteiger partial charge in [-0.2, -0.15) is 13.2 Å². The largest absolute Gasteiger partial charge is 0.501 e. The molecule has 0 unspecified atom stereocenters. The summed E-state index contributed by atoms with van der Waals surface area (Å²) in [7, 11) is -5.66. The Morgan fingerprint density at radius 3 is 2.21 bits per heavy atom. The van der Waals surface area contributed by atoms with Crippen molar-refractivity contribution in [2.45, 2.75) is 22.9 Å². The molecule has 2 aliphatic carbocycles. The molecule has 0 heterocycles. The molecule has 1 saturated carbocycles. The van der Waals surface area contributed by atoms with E-state index < -0.39 is 67.2 Å². The fourth-order valence-electron chi connectivity index (χ4n) is 5.44. The van der Waals surface area contributed by atoms with Crippen molar-refractivity contribution >= 4 is 33.3 Å². The molecule has 3 aromatic carbocycles. The van der Waals surface area contributed by atoms with E-state index >= 15 is 0 Å². The van der Waals surface area contributed by atoms with Gasteiger partial charge >= 0.3 is 11.5 Å². The summed E-state index contributed by atoms with van der Waals surface area (Å²) in [6, 6.07) is 9.34. The summed E-state index contributed by atoms with van der Waals surface area (Å²) < 4.78 is 92.0. The number of amides is 2. The van der Waals surface area contributed by atoms with E-state index in [0.29, 0.717) is 18.6 Å². The number of benzene rings is 3. The Labute approximate surface area is 241 Å². The fourth-order valence-corrected chi connectivity index (χ4v) is 6.25. The molecule has 2 bridgehead atoms. The number of anilines is 1. The zero-order valence-corrected chi connectivity index (χ0v) is 22.5. The number of hydrogen-bond acceptors (Lipinski definition) is 5. The van der Waals surface area contributed by atoms with Crippen molar-refractivity contribution in [3.63, 3.8) is 0 Å². The lowest BCUT2D eigenvalue weighted by molar-refractivity contribution is -0.121. The normalized spacial score (nSPS) is 21.0. The van der Waals surface area contributed by atoms with Gasteiger partial charge < -0.3 is 15.7 Å². The molecule has 1 fully saturated rings. The zero-order chi connectivity index (χ0) is 31.3. The second-order valence-corrected chi connectivity index (χ2v) is 12.1. The van der Waals surface area contributed by atoms with Crippen LogP contribution < -0.4 is 10.6 Å². The lowest BCUT2D eigenvalue weighted by Crippen LogP contribution is -2.47. The Hall–Kier alpha value is -4.59. The number of aromatic carboxylic acids is 1. The van der Waals surface area contributed by atoms with Crippen LogP contribution in [0.5, 0.6) is 0 Å².